The molecule has 0 radical (unpaired) electrons. The Labute approximate surface area is 159 Å². The van der Waals surface area contributed by atoms with Crippen LogP contribution in [-0.4, -0.2) is 30.6 Å². The predicted octanol–water partition coefficient (Wildman–Crippen LogP) is 3.98. The Morgan fingerprint density at radius 2 is 1.89 bits per heavy atom. The highest BCUT2D eigenvalue weighted by atomic mass is 16.5. The summed E-state index contributed by atoms with van der Waals surface area (Å²) in [5.41, 5.74) is 8.75. The Morgan fingerprint density at radius 3 is 2.63 bits per heavy atom. The Kier molecular flexibility index (Phi) is 6.39. The molecule has 3 rings (SSSR count). The molecule has 1 unspecified atom stereocenters. The van der Waals surface area contributed by atoms with Crippen LogP contribution in [0.1, 0.15) is 19.3 Å². The van der Waals surface area contributed by atoms with E-state index in [1.165, 1.54) is 12.7 Å². The van der Waals surface area contributed by atoms with Crippen molar-refractivity contribution in [1.82, 2.24) is 4.98 Å². The molecule has 0 fully saturated rings. The van der Waals surface area contributed by atoms with Gasteiger partial charge in [0.15, 0.2) is 0 Å². The first-order chi connectivity index (χ1) is 13.2. The Morgan fingerprint density at radius 1 is 1.07 bits per heavy atom. The predicted molar refractivity (Wildman–Crippen MR) is 110 cm³/mol. The minimum absolute atomic E-state index is 0.284. The van der Waals surface area contributed by atoms with Gasteiger partial charge in [-0.3, -0.25) is 0 Å². The van der Waals surface area contributed by atoms with Crippen LogP contribution < -0.4 is 11.1 Å². The third-order valence-electron chi connectivity index (χ3n) is 4.55. The summed E-state index contributed by atoms with van der Waals surface area (Å²) in [6.07, 6.45) is 2.40. The number of rotatable bonds is 8. The van der Waals surface area contributed by atoms with Gasteiger partial charge in [0.25, 0.3) is 0 Å². The topological polar surface area (TPSA) is 77.2 Å². The number of benzene rings is 2. The molecule has 0 aliphatic heterocycles. The van der Waals surface area contributed by atoms with Crippen LogP contribution in [0.5, 0.6) is 0 Å². The minimum Gasteiger partial charge on any atom is -0.467 e. The fourth-order valence-electron chi connectivity index (χ4n) is 3.08. The van der Waals surface area contributed by atoms with Crippen LogP contribution in [0.3, 0.4) is 0 Å². The number of nitrogens with two attached hydrogens (primary N) is 1. The summed E-state index contributed by atoms with van der Waals surface area (Å²) in [5.74, 6) is 0.381. The molecule has 0 aliphatic rings. The normalized spacial score (nSPS) is 11.9. The summed E-state index contributed by atoms with van der Waals surface area (Å²) in [5, 5.41) is 4.26. The van der Waals surface area contributed by atoms with Crippen molar-refractivity contribution in [2.24, 2.45) is 5.73 Å². The molecule has 5 heteroatoms. The lowest BCUT2D eigenvalue weighted by atomic mass is 10.0. The molecule has 0 bridgehead atoms. The molecule has 0 saturated carbocycles. The van der Waals surface area contributed by atoms with Gasteiger partial charge in [-0.25, -0.2) is 9.78 Å². The maximum absolute atomic E-state index is 12.0. The largest absolute Gasteiger partial charge is 0.467 e. The molecular formula is C22H25N3O2. The van der Waals surface area contributed by atoms with Crippen molar-refractivity contribution >= 4 is 22.7 Å². The van der Waals surface area contributed by atoms with Gasteiger partial charge in [-0.2, -0.15) is 0 Å². The van der Waals surface area contributed by atoms with E-state index in [1.54, 1.807) is 0 Å². The van der Waals surface area contributed by atoms with E-state index in [9.17, 15) is 4.79 Å². The number of nitrogens with one attached hydrogen (secondary N) is 1. The van der Waals surface area contributed by atoms with E-state index in [2.05, 4.69) is 34.6 Å². The number of methoxy groups -OCH3 is 1. The molecule has 140 valence electrons. The van der Waals surface area contributed by atoms with Gasteiger partial charge in [0.05, 0.1) is 12.6 Å². The molecule has 1 heterocycles. The third kappa shape index (κ3) is 4.83. The van der Waals surface area contributed by atoms with Crippen LogP contribution in [0.4, 0.5) is 5.82 Å². The highest BCUT2D eigenvalue weighted by molar-refractivity contribution is 5.86. The van der Waals surface area contributed by atoms with E-state index in [-0.39, 0.29) is 5.97 Å². The minimum atomic E-state index is -0.421. The average molecular weight is 363 g/mol. The smallest absolute Gasteiger partial charge is 0.328 e. The van der Waals surface area contributed by atoms with E-state index < -0.39 is 6.04 Å². The number of anilines is 1. The molecular weight excluding hydrogens is 338 g/mol. The van der Waals surface area contributed by atoms with Gasteiger partial charge in [-0.1, -0.05) is 36.4 Å². The number of hydrogen-bond donors (Lipinski definition) is 2. The summed E-state index contributed by atoms with van der Waals surface area (Å²) in [4.78, 5) is 16.7. The van der Waals surface area contributed by atoms with Gasteiger partial charge in [-0.15, -0.1) is 0 Å². The van der Waals surface area contributed by atoms with Gasteiger partial charge < -0.3 is 15.8 Å². The molecule has 0 saturated heterocycles. The third-order valence-corrected chi connectivity index (χ3v) is 4.55. The van der Waals surface area contributed by atoms with Gasteiger partial charge in [-0.05, 0) is 61.2 Å². The van der Waals surface area contributed by atoms with Gasteiger partial charge in [0.1, 0.15) is 11.9 Å². The average Bonchev–Trinajstić information content (AvgIpc) is 2.72. The van der Waals surface area contributed by atoms with Crippen molar-refractivity contribution in [1.29, 1.82) is 0 Å². The summed E-state index contributed by atoms with van der Waals surface area (Å²) >= 11 is 0. The molecule has 0 amide bonds. The number of nitrogens with zero attached hydrogens (tertiary/aromatic N) is 1. The van der Waals surface area contributed by atoms with Crippen molar-refractivity contribution in [2.45, 2.75) is 25.3 Å². The van der Waals surface area contributed by atoms with Crippen LogP contribution >= 0.6 is 0 Å². The molecule has 1 aromatic heterocycles. The first-order valence-corrected chi connectivity index (χ1v) is 9.22. The lowest BCUT2D eigenvalue weighted by Crippen LogP contribution is -2.31. The highest BCUT2D eigenvalue weighted by Gasteiger charge is 2.19. The van der Waals surface area contributed by atoms with Gasteiger partial charge in [0.2, 0.25) is 0 Å². The number of aromatic nitrogens is 1. The lowest BCUT2D eigenvalue weighted by molar-refractivity contribution is -0.141. The Balaban J connectivity index is 1.80. The molecule has 5 nitrogen and oxygen atoms in total. The molecule has 3 aromatic rings. The lowest BCUT2D eigenvalue weighted by Gasteiger charge is -2.17. The van der Waals surface area contributed by atoms with E-state index in [0.29, 0.717) is 18.8 Å². The molecule has 27 heavy (non-hydrogen) atoms. The van der Waals surface area contributed by atoms with Crippen molar-refractivity contribution in [2.75, 3.05) is 19.0 Å². The summed E-state index contributed by atoms with van der Waals surface area (Å²) in [6.45, 7) is 0.617. The Bertz CT molecular complexity index is 896. The summed E-state index contributed by atoms with van der Waals surface area (Å²) in [7, 11) is 1.40. The second-order valence-corrected chi connectivity index (χ2v) is 6.47. The van der Waals surface area contributed by atoms with E-state index in [4.69, 9.17) is 10.5 Å². The van der Waals surface area contributed by atoms with E-state index in [0.717, 1.165) is 29.3 Å². The zero-order valence-electron chi connectivity index (χ0n) is 15.5. The van der Waals surface area contributed by atoms with Crippen molar-refractivity contribution in [3.63, 3.8) is 0 Å². The summed E-state index contributed by atoms with van der Waals surface area (Å²) < 4.78 is 4.91. The number of esters is 1. The number of carbonyl (C=O) groups excluding carboxylic acids is 1. The van der Waals surface area contributed by atoms with E-state index in [1.807, 2.05) is 36.4 Å². The zero-order chi connectivity index (χ0) is 19.1. The Hall–Kier alpha value is -2.92. The fraction of sp³-hybridized carbons (Fsp3) is 0.273. The van der Waals surface area contributed by atoms with Gasteiger partial charge in [0, 0.05) is 5.39 Å². The van der Waals surface area contributed by atoms with Crippen molar-refractivity contribution < 1.29 is 9.53 Å². The molecule has 2 aromatic carbocycles. The van der Waals surface area contributed by atoms with Crippen molar-refractivity contribution in [3.8, 4) is 11.1 Å². The van der Waals surface area contributed by atoms with Crippen LogP contribution in [0.25, 0.3) is 22.0 Å². The maximum atomic E-state index is 12.0. The highest BCUT2D eigenvalue weighted by Crippen LogP contribution is 2.24. The number of fused-ring (bicyclic) bond motifs is 1. The molecule has 0 aliphatic carbocycles. The monoisotopic (exact) mass is 363 g/mol. The second kappa shape index (κ2) is 9.14. The fourth-order valence-corrected chi connectivity index (χ4v) is 3.08. The SMILES string of the molecule is COC(=O)C(CCCCN)Nc1ccc2cc(-c3ccccc3)ccc2n1. The van der Waals surface area contributed by atoms with Crippen LogP contribution in [0.2, 0.25) is 0 Å². The zero-order valence-corrected chi connectivity index (χ0v) is 15.5. The number of hydrogen-bond acceptors (Lipinski definition) is 5. The second-order valence-electron chi connectivity index (χ2n) is 6.47. The van der Waals surface area contributed by atoms with Crippen LogP contribution in [0.15, 0.2) is 60.7 Å². The maximum Gasteiger partial charge on any atom is 0.328 e. The number of unbranched alkanes of at least 4 members (excludes halogenated alkanes) is 1. The van der Waals surface area contributed by atoms with Gasteiger partial charge >= 0.3 is 5.97 Å². The molecule has 0 spiro atoms. The quantitative estimate of drug-likeness (QED) is 0.467. The summed E-state index contributed by atoms with van der Waals surface area (Å²) in [6, 6.07) is 19.9. The van der Waals surface area contributed by atoms with Crippen LogP contribution in [-0.2, 0) is 9.53 Å². The van der Waals surface area contributed by atoms with Crippen LogP contribution in [0, 0.1) is 0 Å². The first-order valence-electron chi connectivity index (χ1n) is 9.22. The first kappa shape index (κ1) is 18.9. The van der Waals surface area contributed by atoms with Crippen molar-refractivity contribution in [3.05, 3.63) is 60.7 Å². The molecule has 3 N–H and O–H groups in total. The van der Waals surface area contributed by atoms with E-state index >= 15 is 0 Å². The standard InChI is InChI=1S/C22H25N3O2/c1-27-22(26)20(9-5-6-14-23)25-21-13-11-18-15-17(10-12-19(18)24-21)16-7-3-2-4-8-16/h2-4,7-8,10-13,15,20H,5-6,9,14,23H2,1H3,(H,24,25). The number of carbonyl (C=O) groups is 1. The molecule has 1 atom stereocenters. The number of ether oxygens (including phenoxy) is 1. The number of pyridine rings is 1.